The molecule has 0 bridgehead atoms. The highest BCUT2D eigenvalue weighted by atomic mass is 79.9. The van der Waals surface area contributed by atoms with Gasteiger partial charge in [-0.05, 0) is 33.2 Å². The van der Waals surface area contributed by atoms with E-state index in [9.17, 15) is 0 Å². The SMILES string of the molecule is CC1=C(Br)[Si]C(Br)=C1C. The lowest BCUT2D eigenvalue weighted by Crippen LogP contribution is -1.82. The van der Waals surface area contributed by atoms with Crippen LogP contribution in [0.15, 0.2) is 19.4 Å². The molecule has 0 saturated heterocycles. The Morgan fingerprint density at radius 2 is 1.33 bits per heavy atom. The number of halogens is 2. The van der Waals surface area contributed by atoms with Gasteiger partial charge >= 0.3 is 0 Å². The highest BCUT2D eigenvalue weighted by Crippen LogP contribution is 2.31. The van der Waals surface area contributed by atoms with Crippen LogP contribution in [0.4, 0.5) is 0 Å². The highest BCUT2D eigenvalue weighted by Gasteiger charge is 2.14. The number of hydrogen-bond acceptors (Lipinski definition) is 0. The summed E-state index contributed by atoms with van der Waals surface area (Å²) in [5, 5.41) is 0. The van der Waals surface area contributed by atoms with Crippen molar-refractivity contribution in [3.63, 3.8) is 0 Å². The maximum absolute atomic E-state index is 3.50. The summed E-state index contributed by atoms with van der Waals surface area (Å²) in [5.41, 5.74) is 2.78. The zero-order valence-corrected chi connectivity index (χ0v) is 9.43. The van der Waals surface area contributed by atoms with Gasteiger partial charge in [0.2, 0.25) is 0 Å². The summed E-state index contributed by atoms with van der Waals surface area (Å²) in [6.45, 7) is 4.28. The van der Waals surface area contributed by atoms with E-state index in [1.54, 1.807) is 0 Å². The molecule has 0 atom stereocenters. The standard InChI is InChI=1S/C6H6Br2Si/c1-3-4(2)6(8)9-5(3)7/h1-2H3. The lowest BCUT2D eigenvalue weighted by atomic mass is 10.2. The van der Waals surface area contributed by atoms with Gasteiger partial charge in [0.05, 0.1) is 0 Å². The van der Waals surface area contributed by atoms with Crippen molar-refractivity contribution < 1.29 is 0 Å². The Hall–Kier alpha value is 0.657. The smallest absolute Gasteiger partial charge is 0.0605 e. The van der Waals surface area contributed by atoms with Crippen molar-refractivity contribution in [2.75, 3.05) is 0 Å². The summed E-state index contributed by atoms with van der Waals surface area (Å²) in [5.74, 6) is 0. The zero-order chi connectivity index (χ0) is 7.02. The van der Waals surface area contributed by atoms with Crippen molar-refractivity contribution in [1.82, 2.24) is 0 Å². The van der Waals surface area contributed by atoms with Gasteiger partial charge in [0.1, 0.15) is 9.52 Å². The van der Waals surface area contributed by atoms with Gasteiger partial charge < -0.3 is 0 Å². The molecule has 0 aliphatic carbocycles. The molecule has 3 heteroatoms. The Balaban J connectivity index is 2.97. The number of rotatable bonds is 0. The summed E-state index contributed by atoms with van der Waals surface area (Å²) in [6.07, 6.45) is 0. The van der Waals surface area contributed by atoms with Crippen LogP contribution in [0, 0.1) is 0 Å². The minimum atomic E-state index is 0.809. The second-order valence-corrected chi connectivity index (χ2v) is 6.30. The Morgan fingerprint density at radius 1 is 1.00 bits per heavy atom. The van der Waals surface area contributed by atoms with Crippen LogP contribution in [-0.2, 0) is 0 Å². The third-order valence-electron chi connectivity index (χ3n) is 1.44. The summed E-state index contributed by atoms with van der Waals surface area (Å²) in [4.78, 5) is 0. The van der Waals surface area contributed by atoms with Crippen LogP contribution in [0.5, 0.6) is 0 Å². The molecule has 1 rings (SSSR count). The highest BCUT2D eigenvalue weighted by molar-refractivity contribution is 9.13. The second-order valence-electron chi connectivity index (χ2n) is 2.00. The molecule has 0 aromatic carbocycles. The molecule has 0 saturated carbocycles. The van der Waals surface area contributed by atoms with Crippen LogP contribution >= 0.6 is 31.9 Å². The summed E-state index contributed by atoms with van der Waals surface area (Å²) in [7, 11) is 0.809. The molecule has 2 radical (unpaired) electrons. The Morgan fingerprint density at radius 3 is 1.44 bits per heavy atom. The fourth-order valence-electron chi connectivity index (χ4n) is 0.613. The molecule has 48 valence electrons. The van der Waals surface area contributed by atoms with Crippen LogP contribution in [0.25, 0.3) is 0 Å². The largest absolute Gasteiger partial charge is 0.141 e. The molecule has 1 heterocycles. The molecule has 0 nitrogen and oxygen atoms in total. The Labute approximate surface area is 74.5 Å². The topological polar surface area (TPSA) is 0 Å². The van der Waals surface area contributed by atoms with Crippen molar-refractivity contribution in [2.45, 2.75) is 13.8 Å². The molecule has 0 fully saturated rings. The van der Waals surface area contributed by atoms with Gasteiger partial charge in [0.25, 0.3) is 0 Å². The molecule has 0 aromatic heterocycles. The van der Waals surface area contributed by atoms with Crippen molar-refractivity contribution >= 4 is 41.4 Å². The first-order chi connectivity index (χ1) is 4.13. The summed E-state index contributed by atoms with van der Waals surface area (Å²) >= 11 is 7.01. The van der Waals surface area contributed by atoms with Crippen molar-refractivity contribution in [3.8, 4) is 0 Å². The molecule has 0 N–H and O–H groups in total. The zero-order valence-electron chi connectivity index (χ0n) is 5.26. The molecule has 0 spiro atoms. The van der Waals surface area contributed by atoms with Crippen molar-refractivity contribution in [2.24, 2.45) is 0 Å². The quantitative estimate of drug-likeness (QED) is 0.591. The van der Waals surface area contributed by atoms with Gasteiger partial charge in [-0.3, -0.25) is 0 Å². The summed E-state index contributed by atoms with van der Waals surface area (Å²) < 4.78 is 2.68. The van der Waals surface area contributed by atoms with E-state index in [-0.39, 0.29) is 0 Å². The van der Waals surface area contributed by atoms with Crippen molar-refractivity contribution in [3.05, 3.63) is 19.4 Å². The average Bonchev–Trinajstić information content (AvgIpc) is 1.98. The molecular formula is C6H6Br2Si. The number of allylic oxidation sites excluding steroid dienone is 2. The third-order valence-corrected chi connectivity index (χ3v) is 5.01. The molecule has 1 aliphatic rings. The first kappa shape index (κ1) is 7.76. The number of hydrogen-bond donors (Lipinski definition) is 0. The predicted octanol–water partition coefficient (Wildman–Crippen LogP) is 2.96. The fourth-order valence-corrected chi connectivity index (χ4v) is 4.14. The second kappa shape index (κ2) is 2.72. The first-order valence-electron chi connectivity index (χ1n) is 2.63. The molecular weight excluding hydrogens is 260 g/mol. The van der Waals surface area contributed by atoms with Crippen LogP contribution in [0.1, 0.15) is 13.8 Å². The minimum Gasteiger partial charge on any atom is -0.0605 e. The van der Waals surface area contributed by atoms with Crippen LogP contribution < -0.4 is 0 Å². The van der Waals surface area contributed by atoms with Gasteiger partial charge in [-0.1, -0.05) is 31.9 Å². The molecule has 0 aromatic rings. The Bertz CT molecular complexity index is 181. The Kier molecular flexibility index (Phi) is 2.35. The monoisotopic (exact) mass is 264 g/mol. The van der Waals surface area contributed by atoms with Crippen LogP contribution in [-0.4, -0.2) is 9.52 Å². The van der Waals surface area contributed by atoms with E-state index in [0.29, 0.717) is 0 Å². The van der Waals surface area contributed by atoms with E-state index in [1.807, 2.05) is 0 Å². The minimum absolute atomic E-state index is 0.809. The van der Waals surface area contributed by atoms with E-state index in [2.05, 4.69) is 45.7 Å². The van der Waals surface area contributed by atoms with E-state index >= 15 is 0 Å². The normalized spacial score (nSPS) is 20.0. The van der Waals surface area contributed by atoms with Gasteiger partial charge in [-0.25, -0.2) is 0 Å². The molecule has 1 aliphatic heterocycles. The first-order valence-corrected chi connectivity index (χ1v) is 5.21. The predicted molar refractivity (Wildman–Crippen MR) is 49.0 cm³/mol. The van der Waals surface area contributed by atoms with Gasteiger partial charge in [0.15, 0.2) is 0 Å². The lowest BCUT2D eigenvalue weighted by molar-refractivity contribution is 1.38. The molecule has 0 unspecified atom stereocenters. The maximum Gasteiger partial charge on any atom is 0.141 e. The van der Waals surface area contributed by atoms with Crippen LogP contribution in [0.2, 0.25) is 0 Å². The van der Waals surface area contributed by atoms with Crippen LogP contribution in [0.3, 0.4) is 0 Å². The third kappa shape index (κ3) is 1.38. The van der Waals surface area contributed by atoms with Gasteiger partial charge in [-0.15, -0.1) is 0 Å². The van der Waals surface area contributed by atoms with E-state index in [1.165, 1.54) is 19.4 Å². The fraction of sp³-hybridized carbons (Fsp3) is 0.333. The average molecular weight is 266 g/mol. The van der Waals surface area contributed by atoms with E-state index < -0.39 is 0 Å². The molecule has 0 amide bonds. The van der Waals surface area contributed by atoms with E-state index in [0.717, 1.165) is 9.52 Å². The molecule has 9 heavy (non-hydrogen) atoms. The maximum atomic E-state index is 3.50. The lowest BCUT2D eigenvalue weighted by Gasteiger charge is -1.93. The summed E-state index contributed by atoms with van der Waals surface area (Å²) in [6, 6.07) is 0. The van der Waals surface area contributed by atoms with Crippen molar-refractivity contribution in [1.29, 1.82) is 0 Å². The van der Waals surface area contributed by atoms with E-state index in [4.69, 9.17) is 0 Å². The van der Waals surface area contributed by atoms with Gasteiger partial charge in [0, 0.05) is 0 Å². The van der Waals surface area contributed by atoms with Gasteiger partial charge in [-0.2, -0.15) is 0 Å².